The summed E-state index contributed by atoms with van der Waals surface area (Å²) in [5.41, 5.74) is 6.55. The van der Waals surface area contributed by atoms with Crippen molar-refractivity contribution in [1.82, 2.24) is 5.32 Å². The summed E-state index contributed by atoms with van der Waals surface area (Å²) >= 11 is 0. The highest BCUT2D eigenvalue weighted by atomic mass is 16.6. The number of aliphatic hydroxyl groups excluding tert-OH is 1. The molecule has 186 valence electrons. The lowest BCUT2D eigenvalue weighted by atomic mass is 9.85. The van der Waals surface area contributed by atoms with Crippen molar-refractivity contribution in [2.24, 2.45) is 17.6 Å². The monoisotopic (exact) mass is 462 g/mol. The molecule has 4 atom stereocenters. The Morgan fingerprint density at radius 2 is 1.85 bits per heavy atom. The predicted molar refractivity (Wildman–Crippen MR) is 130 cm³/mol. The number of hydrogen-bond donors (Lipinski definition) is 3. The second kappa shape index (κ2) is 14.1. The number of carbonyl (C=O) groups excluding carboxylic acids is 2. The van der Waals surface area contributed by atoms with Gasteiger partial charge in [-0.3, -0.25) is 9.59 Å². The molecule has 1 unspecified atom stereocenters. The Hall–Kier alpha value is -2.22. The number of rotatable bonds is 14. The smallest absolute Gasteiger partial charge is 0.312 e. The van der Waals surface area contributed by atoms with Crippen LogP contribution in [0.3, 0.4) is 0 Å². The van der Waals surface area contributed by atoms with Gasteiger partial charge in [-0.2, -0.15) is 0 Å². The lowest BCUT2D eigenvalue weighted by Crippen LogP contribution is -2.49. The Morgan fingerprint density at radius 1 is 1.21 bits per heavy atom. The largest absolute Gasteiger partial charge is 0.460 e. The predicted octanol–water partition coefficient (Wildman–Crippen LogP) is 3.35. The van der Waals surface area contributed by atoms with Crippen LogP contribution in [-0.4, -0.2) is 47.9 Å². The first kappa shape index (κ1) is 28.8. The molecule has 7 heteroatoms. The van der Waals surface area contributed by atoms with Gasteiger partial charge in [0.15, 0.2) is 0 Å². The molecule has 1 aromatic rings. The van der Waals surface area contributed by atoms with Crippen LogP contribution in [-0.2, 0) is 25.7 Å². The molecule has 4 N–H and O–H groups in total. The topological polar surface area (TPSA) is 111 Å². The molecule has 0 aliphatic rings. The van der Waals surface area contributed by atoms with Gasteiger partial charge in [0.1, 0.15) is 5.60 Å². The Bertz CT molecular complexity index is 745. The van der Waals surface area contributed by atoms with Gasteiger partial charge < -0.3 is 25.6 Å². The highest BCUT2D eigenvalue weighted by Gasteiger charge is 2.37. The Kier molecular flexibility index (Phi) is 12.3. The van der Waals surface area contributed by atoms with Crippen LogP contribution in [0.2, 0.25) is 0 Å². The van der Waals surface area contributed by atoms with Gasteiger partial charge in [0, 0.05) is 18.7 Å². The average molecular weight is 463 g/mol. The highest BCUT2D eigenvalue weighted by molar-refractivity contribution is 5.94. The summed E-state index contributed by atoms with van der Waals surface area (Å²) in [5, 5.41) is 13.7. The summed E-state index contributed by atoms with van der Waals surface area (Å²) in [4.78, 5) is 25.3. The van der Waals surface area contributed by atoms with Crippen LogP contribution in [0.15, 0.2) is 42.5 Å². The first-order valence-corrected chi connectivity index (χ1v) is 11.7. The molecule has 0 spiro atoms. The third kappa shape index (κ3) is 11.0. The van der Waals surface area contributed by atoms with Gasteiger partial charge in [-0.1, -0.05) is 57.2 Å². The summed E-state index contributed by atoms with van der Waals surface area (Å²) in [6, 6.07) is 8.71. The first-order chi connectivity index (χ1) is 15.5. The van der Waals surface area contributed by atoms with Crippen molar-refractivity contribution in [3.8, 4) is 0 Å². The quantitative estimate of drug-likeness (QED) is 0.222. The Morgan fingerprint density at radius 3 is 2.42 bits per heavy atom. The number of amides is 1. The van der Waals surface area contributed by atoms with E-state index in [1.807, 2.05) is 44.2 Å². The van der Waals surface area contributed by atoms with Gasteiger partial charge in [0.2, 0.25) is 5.91 Å². The van der Waals surface area contributed by atoms with E-state index in [1.165, 1.54) is 0 Å². The standard InChI is InChI=1S/C26H42N2O5/c1-7-8-14-28-24(30)19(3)22(27)23(29)21(25(31)33-26(4,5)6)15-18(2)16-32-17-20-12-10-9-11-13-20/h9-13,18,21-23,29H,3,7-8,14-17,27H2,1-2,4-6H3,(H,28,30)/t18-,21+,22?,23+/m1/s1. The third-order valence-corrected chi connectivity index (χ3v) is 5.17. The minimum Gasteiger partial charge on any atom is -0.460 e. The molecule has 0 aromatic heterocycles. The van der Waals surface area contributed by atoms with Gasteiger partial charge in [0.25, 0.3) is 0 Å². The van der Waals surface area contributed by atoms with Crippen molar-refractivity contribution in [1.29, 1.82) is 0 Å². The molecule has 33 heavy (non-hydrogen) atoms. The van der Waals surface area contributed by atoms with Crippen LogP contribution >= 0.6 is 0 Å². The highest BCUT2D eigenvalue weighted by Crippen LogP contribution is 2.24. The maximum atomic E-state index is 12.9. The number of unbranched alkanes of at least 4 members (excludes halogenated alkanes) is 1. The minimum atomic E-state index is -1.32. The summed E-state index contributed by atoms with van der Waals surface area (Å²) in [6.07, 6.45) is 0.744. The molecule has 1 aromatic carbocycles. The summed E-state index contributed by atoms with van der Waals surface area (Å²) in [6.45, 7) is 14.4. The van der Waals surface area contributed by atoms with Crippen molar-refractivity contribution >= 4 is 11.9 Å². The zero-order chi connectivity index (χ0) is 25.0. The number of esters is 1. The van der Waals surface area contributed by atoms with Gasteiger partial charge in [-0.05, 0) is 45.1 Å². The van der Waals surface area contributed by atoms with E-state index in [2.05, 4.69) is 11.9 Å². The van der Waals surface area contributed by atoms with Gasteiger partial charge in [-0.15, -0.1) is 0 Å². The van der Waals surface area contributed by atoms with E-state index >= 15 is 0 Å². The molecule has 0 radical (unpaired) electrons. The Balaban J connectivity index is 2.81. The number of benzene rings is 1. The molecule has 0 fully saturated rings. The van der Waals surface area contributed by atoms with Crippen LogP contribution < -0.4 is 11.1 Å². The third-order valence-electron chi connectivity index (χ3n) is 5.17. The lowest BCUT2D eigenvalue weighted by Gasteiger charge is -2.31. The van der Waals surface area contributed by atoms with Crippen molar-refractivity contribution in [3.05, 3.63) is 48.0 Å². The molecule has 1 rings (SSSR count). The summed E-state index contributed by atoms with van der Waals surface area (Å²) in [7, 11) is 0. The van der Waals surface area contributed by atoms with E-state index in [-0.39, 0.29) is 11.5 Å². The normalized spacial score (nSPS) is 15.2. The van der Waals surface area contributed by atoms with Crippen LogP contribution in [0.5, 0.6) is 0 Å². The van der Waals surface area contributed by atoms with Crippen molar-refractivity contribution < 1.29 is 24.2 Å². The number of carbonyl (C=O) groups is 2. The number of ether oxygens (including phenoxy) is 2. The average Bonchev–Trinajstić information content (AvgIpc) is 2.75. The van der Waals surface area contributed by atoms with Gasteiger partial charge >= 0.3 is 5.97 Å². The lowest BCUT2D eigenvalue weighted by molar-refractivity contribution is -0.165. The molecule has 0 aliphatic carbocycles. The van der Waals surface area contributed by atoms with Crippen molar-refractivity contribution in [2.45, 2.75) is 78.2 Å². The van der Waals surface area contributed by atoms with E-state index in [1.54, 1.807) is 20.8 Å². The maximum Gasteiger partial charge on any atom is 0.312 e. The molecule has 1 amide bonds. The van der Waals surface area contributed by atoms with Gasteiger partial charge in [-0.25, -0.2) is 0 Å². The number of nitrogens with one attached hydrogen (secondary N) is 1. The zero-order valence-electron chi connectivity index (χ0n) is 20.8. The van der Waals surface area contributed by atoms with Gasteiger partial charge in [0.05, 0.1) is 24.7 Å². The van der Waals surface area contributed by atoms with Crippen LogP contribution in [0.1, 0.15) is 59.4 Å². The SMILES string of the molecule is C=C(C(=O)NCCCC)C(N)[C@@H](O)[C@H](C[C@@H](C)COCc1ccccc1)C(=O)OC(C)(C)C. The van der Waals surface area contributed by atoms with Crippen molar-refractivity contribution in [2.75, 3.05) is 13.2 Å². The fourth-order valence-electron chi connectivity index (χ4n) is 3.31. The van der Waals surface area contributed by atoms with E-state index in [0.717, 1.165) is 18.4 Å². The second-order valence-corrected chi connectivity index (χ2v) is 9.63. The molecule has 0 saturated carbocycles. The van der Waals surface area contributed by atoms with E-state index in [9.17, 15) is 14.7 Å². The number of nitrogens with two attached hydrogens (primary N) is 1. The Labute approximate surface area is 198 Å². The molecule has 0 saturated heterocycles. The molecule has 0 heterocycles. The number of hydrogen-bond acceptors (Lipinski definition) is 6. The van der Waals surface area contributed by atoms with Crippen LogP contribution in [0.25, 0.3) is 0 Å². The molecular weight excluding hydrogens is 420 g/mol. The second-order valence-electron chi connectivity index (χ2n) is 9.63. The fraction of sp³-hybridized carbons (Fsp3) is 0.615. The summed E-state index contributed by atoms with van der Waals surface area (Å²) < 4.78 is 11.3. The van der Waals surface area contributed by atoms with E-state index in [0.29, 0.717) is 26.2 Å². The maximum absolute atomic E-state index is 12.9. The van der Waals surface area contributed by atoms with Crippen LogP contribution in [0.4, 0.5) is 0 Å². The van der Waals surface area contributed by atoms with E-state index < -0.39 is 35.5 Å². The van der Waals surface area contributed by atoms with E-state index in [4.69, 9.17) is 15.2 Å². The minimum absolute atomic E-state index is 0.0418. The molecule has 0 aliphatic heterocycles. The van der Waals surface area contributed by atoms with Crippen LogP contribution in [0, 0.1) is 11.8 Å². The summed E-state index contributed by atoms with van der Waals surface area (Å²) in [5.74, 6) is -1.95. The van der Waals surface area contributed by atoms with Crippen molar-refractivity contribution in [3.63, 3.8) is 0 Å². The zero-order valence-corrected chi connectivity index (χ0v) is 20.8. The first-order valence-electron chi connectivity index (χ1n) is 11.7. The molecule has 7 nitrogen and oxygen atoms in total. The molecular formula is C26H42N2O5. The number of aliphatic hydroxyl groups is 1. The fourth-order valence-corrected chi connectivity index (χ4v) is 3.31. The molecule has 0 bridgehead atoms.